The first-order valence-corrected chi connectivity index (χ1v) is 15.4. The standard InChI is InChI=1S/C36H29N2OP/c1-27-20-21-29-25-31(22-23-35(29)37-27)38-36(39)30-13-11-12-28(24-30)26-40(32-14-5-2-6-15-32,33-16-7-3-8-17-33)34-18-9-4-10-19-34/h2-25H,26H2,1H3/p+1. The molecule has 0 aliphatic heterocycles. The zero-order valence-corrected chi connectivity index (χ0v) is 23.3. The minimum atomic E-state index is -2.06. The first-order chi connectivity index (χ1) is 19.6. The van der Waals surface area contributed by atoms with E-state index in [2.05, 4.69) is 107 Å². The van der Waals surface area contributed by atoms with Crippen molar-refractivity contribution in [1.29, 1.82) is 0 Å². The van der Waals surface area contributed by atoms with Crippen molar-refractivity contribution >= 4 is 45.7 Å². The number of nitrogens with one attached hydrogen (secondary N) is 1. The van der Waals surface area contributed by atoms with E-state index < -0.39 is 7.26 Å². The quantitative estimate of drug-likeness (QED) is 0.217. The summed E-state index contributed by atoms with van der Waals surface area (Å²) in [4.78, 5) is 18.0. The van der Waals surface area contributed by atoms with Gasteiger partial charge in [-0.2, -0.15) is 0 Å². The lowest BCUT2D eigenvalue weighted by Gasteiger charge is -2.28. The predicted molar refractivity (Wildman–Crippen MR) is 170 cm³/mol. The molecule has 0 bridgehead atoms. The van der Waals surface area contributed by atoms with E-state index in [-0.39, 0.29) is 5.91 Å². The molecule has 0 aliphatic carbocycles. The van der Waals surface area contributed by atoms with E-state index in [1.807, 2.05) is 55.5 Å². The SMILES string of the molecule is Cc1ccc2cc(NC(=O)c3cccc(C[P+](c4ccccc4)(c4ccccc4)c4ccccc4)c3)ccc2n1. The number of aryl methyl sites for hydroxylation is 1. The molecule has 0 unspecified atom stereocenters. The molecule has 4 heteroatoms. The summed E-state index contributed by atoms with van der Waals surface area (Å²) in [6.45, 7) is 1.98. The van der Waals surface area contributed by atoms with E-state index in [1.165, 1.54) is 15.9 Å². The highest BCUT2D eigenvalue weighted by atomic mass is 31.2. The highest BCUT2D eigenvalue weighted by Gasteiger charge is 2.45. The minimum absolute atomic E-state index is 0.121. The van der Waals surface area contributed by atoms with Crippen molar-refractivity contribution in [3.05, 3.63) is 162 Å². The van der Waals surface area contributed by atoms with Gasteiger partial charge in [-0.05, 0) is 85.3 Å². The van der Waals surface area contributed by atoms with Crippen LogP contribution in [0.15, 0.2) is 146 Å². The van der Waals surface area contributed by atoms with Gasteiger partial charge in [0.1, 0.15) is 23.2 Å². The molecule has 6 rings (SSSR count). The Morgan fingerprint density at radius 2 is 1.25 bits per heavy atom. The van der Waals surface area contributed by atoms with Crippen LogP contribution in [0.25, 0.3) is 10.9 Å². The van der Waals surface area contributed by atoms with Crippen LogP contribution < -0.4 is 21.2 Å². The monoisotopic (exact) mass is 537 g/mol. The molecule has 0 spiro atoms. The molecule has 40 heavy (non-hydrogen) atoms. The molecule has 6 aromatic rings. The second-order valence-corrected chi connectivity index (χ2v) is 13.5. The number of carbonyl (C=O) groups excluding carboxylic acids is 1. The zero-order valence-electron chi connectivity index (χ0n) is 22.4. The molecule has 1 aromatic heterocycles. The van der Waals surface area contributed by atoms with Crippen molar-refractivity contribution in [2.24, 2.45) is 0 Å². The van der Waals surface area contributed by atoms with Crippen LogP contribution in [-0.2, 0) is 6.16 Å². The number of aromatic nitrogens is 1. The van der Waals surface area contributed by atoms with Crippen LogP contribution in [0.1, 0.15) is 21.6 Å². The number of rotatable bonds is 7. The van der Waals surface area contributed by atoms with Crippen LogP contribution in [0.4, 0.5) is 5.69 Å². The average molecular weight is 538 g/mol. The summed E-state index contributed by atoms with van der Waals surface area (Å²) >= 11 is 0. The first-order valence-electron chi connectivity index (χ1n) is 13.4. The number of pyridine rings is 1. The third-order valence-electron chi connectivity index (χ3n) is 7.29. The Hall–Kier alpha value is -4.59. The van der Waals surface area contributed by atoms with Crippen molar-refractivity contribution in [2.75, 3.05) is 5.32 Å². The lowest BCUT2D eigenvalue weighted by molar-refractivity contribution is 0.102. The average Bonchev–Trinajstić information content (AvgIpc) is 3.01. The molecule has 1 amide bonds. The fraction of sp³-hybridized carbons (Fsp3) is 0.0556. The Morgan fingerprint density at radius 3 is 1.85 bits per heavy atom. The van der Waals surface area contributed by atoms with Gasteiger partial charge in [0.05, 0.1) is 11.7 Å². The Morgan fingerprint density at radius 1 is 0.650 bits per heavy atom. The maximum atomic E-state index is 13.4. The van der Waals surface area contributed by atoms with Gasteiger partial charge in [0.15, 0.2) is 0 Å². The third kappa shape index (κ3) is 5.17. The Kier molecular flexibility index (Phi) is 7.23. The van der Waals surface area contributed by atoms with Gasteiger partial charge < -0.3 is 5.32 Å². The lowest BCUT2D eigenvalue weighted by Crippen LogP contribution is -2.32. The summed E-state index contributed by atoms with van der Waals surface area (Å²) in [5, 5.41) is 8.06. The van der Waals surface area contributed by atoms with E-state index in [9.17, 15) is 4.79 Å². The van der Waals surface area contributed by atoms with Gasteiger partial charge in [0.25, 0.3) is 5.91 Å². The molecule has 0 aliphatic rings. The molecule has 1 N–H and O–H groups in total. The van der Waals surface area contributed by atoms with Crippen LogP contribution in [0, 0.1) is 6.92 Å². The van der Waals surface area contributed by atoms with E-state index >= 15 is 0 Å². The van der Waals surface area contributed by atoms with Gasteiger partial charge >= 0.3 is 0 Å². The Bertz CT molecular complexity index is 1670. The first kappa shape index (κ1) is 25.7. The fourth-order valence-corrected chi connectivity index (χ4v) is 9.59. The number of amides is 1. The van der Waals surface area contributed by atoms with Crippen molar-refractivity contribution in [3.8, 4) is 0 Å². The zero-order chi connectivity index (χ0) is 27.4. The molecule has 0 saturated carbocycles. The Balaban J connectivity index is 1.38. The van der Waals surface area contributed by atoms with Crippen LogP contribution >= 0.6 is 7.26 Å². The minimum Gasteiger partial charge on any atom is -0.322 e. The molecule has 0 atom stereocenters. The van der Waals surface area contributed by atoms with Crippen LogP contribution in [0.5, 0.6) is 0 Å². The molecule has 3 nitrogen and oxygen atoms in total. The van der Waals surface area contributed by atoms with Gasteiger partial charge in [-0.15, -0.1) is 0 Å². The van der Waals surface area contributed by atoms with Gasteiger partial charge in [0.2, 0.25) is 0 Å². The van der Waals surface area contributed by atoms with Crippen molar-refractivity contribution in [3.63, 3.8) is 0 Å². The number of hydrogen-bond acceptors (Lipinski definition) is 2. The Labute approximate surface area is 235 Å². The molecule has 0 radical (unpaired) electrons. The van der Waals surface area contributed by atoms with Crippen LogP contribution in [0.2, 0.25) is 0 Å². The molecule has 0 fully saturated rings. The number of hydrogen-bond donors (Lipinski definition) is 1. The second-order valence-electron chi connectivity index (χ2n) is 9.99. The topological polar surface area (TPSA) is 42.0 Å². The summed E-state index contributed by atoms with van der Waals surface area (Å²) in [6, 6.07) is 50.4. The van der Waals surface area contributed by atoms with Crippen LogP contribution in [0.3, 0.4) is 0 Å². The maximum absolute atomic E-state index is 13.4. The largest absolute Gasteiger partial charge is 0.322 e. The van der Waals surface area contributed by atoms with Crippen LogP contribution in [-0.4, -0.2) is 10.9 Å². The summed E-state index contributed by atoms with van der Waals surface area (Å²) in [5.74, 6) is -0.121. The smallest absolute Gasteiger partial charge is 0.255 e. The van der Waals surface area contributed by atoms with Gasteiger partial charge in [-0.1, -0.05) is 72.8 Å². The van der Waals surface area contributed by atoms with Gasteiger partial charge in [0, 0.05) is 22.3 Å². The molecule has 1 heterocycles. The molecular formula is C36H30N2OP+. The molecule has 0 saturated heterocycles. The van der Waals surface area contributed by atoms with E-state index in [1.54, 1.807) is 0 Å². The fourth-order valence-electron chi connectivity index (χ4n) is 5.36. The maximum Gasteiger partial charge on any atom is 0.255 e. The summed E-state index contributed by atoms with van der Waals surface area (Å²) in [5.41, 5.74) is 4.43. The number of nitrogens with zero attached hydrogens (tertiary/aromatic N) is 1. The number of carbonyl (C=O) groups is 1. The number of benzene rings is 5. The van der Waals surface area contributed by atoms with E-state index in [4.69, 9.17) is 0 Å². The predicted octanol–water partition coefficient (Wildman–Crippen LogP) is 7.29. The van der Waals surface area contributed by atoms with Crippen molar-refractivity contribution in [2.45, 2.75) is 13.1 Å². The third-order valence-corrected chi connectivity index (χ3v) is 11.7. The summed E-state index contributed by atoms with van der Waals surface area (Å²) in [6.07, 6.45) is 0.813. The normalized spacial score (nSPS) is 11.3. The number of anilines is 1. The van der Waals surface area contributed by atoms with Gasteiger partial charge in [-0.25, -0.2) is 0 Å². The summed E-state index contributed by atoms with van der Waals surface area (Å²) < 4.78 is 0. The molecular weight excluding hydrogens is 507 g/mol. The lowest BCUT2D eigenvalue weighted by atomic mass is 10.1. The van der Waals surface area contributed by atoms with Crippen molar-refractivity contribution < 1.29 is 4.79 Å². The summed E-state index contributed by atoms with van der Waals surface area (Å²) in [7, 11) is -2.06. The van der Waals surface area contributed by atoms with Gasteiger partial charge in [-0.3, -0.25) is 9.78 Å². The molecule has 5 aromatic carbocycles. The number of fused-ring (bicyclic) bond motifs is 1. The van der Waals surface area contributed by atoms with E-state index in [0.717, 1.165) is 34.0 Å². The van der Waals surface area contributed by atoms with E-state index in [0.29, 0.717) is 5.56 Å². The second kappa shape index (κ2) is 11.3. The molecule has 194 valence electrons. The van der Waals surface area contributed by atoms with Crippen molar-refractivity contribution in [1.82, 2.24) is 4.98 Å². The highest BCUT2D eigenvalue weighted by molar-refractivity contribution is 7.95. The highest BCUT2D eigenvalue weighted by Crippen LogP contribution is 2.58.